The predicted molar refractivity (Wildman–Crippen MR) is 127 cm³/mol. The van der Waals surface area contributed by atoms with Crippen LogP contribution in [0.2, 0.25) is 0 Å². The monoisotopic (exact) mass is 448 g/mol. The molecule has 2 amide bonds. The number of anilines is 1. The van der Waals surface area contributed by atoms with E-state index in [2.05, 4.69) is 5.32 Å². The highest BCUT2D eigenvalue weighted by atomic mass is 16.5. The van der Waals surface area contributed by atoms with Gasteiger partial charge in [-0.15, -0.1) is 0 Å². The van der Waals surface area contributed by atoms with Crippen molar-refractivity contribution < 1.29 is 23.8 Å². The van der Waals surface area contributed by atoms with Crippen LogP contribution in [-0.4, -0.2) is 51.1 Å². The Labute approximate surface area is 193 Å². The number of carbonyl (C=O) groups excluding carboxylic acids is 2. The smallest absolute Gasteiger partial charge is 0.254 e. The maximum atomic E-state index is 13.4. The summed E-state index contributed by atoms with van der Waals surface area (Å²) in [6.07, 6.45) is 1.48. The number of amides is 2. The zero-order chi connectivity index (χ0) is 23.4. The molecule has 3 aromatic rings. The zero-order valence-electron chi connectivity index (χ0n) is 19.1. The van der Waals surface area contributed by atoms with E-state index in [0.29, 0.717) is 35.8 Å². The van der Waals surface area contributed by atoms with E-state index in [0.717, 1.165) is 29.4 Å². The molecule has 0 aliphatic carbocycles. The van der Waals surface area contributed by atoms with Crippen LogP contribution < -0.4 is 19.5 Å². The number of nitrogens with one attached hydrogen (secondary N) is 1. The fourth-order valence-corrected chi connectivity index (χ4v) is 4.32. The molecule has 1 heterocycles. The lowest BCUT2D eigenvalue weighted by Gasteiger charge is -2.32. The number of benzene rings is 3. The number of nitrogens with zero attached hydrogens (tertiary/aromatic N) is 1. The van der Waals surface area contributed by atoms with Gasteiger partial charge in [-0.3, -0.25) is 9.59 Å². The number of hydrogen-bond donors (Lipinski definition) is 1. The first-order valence-corrected chi connectivity index (χ1v) is 10.9. The highest BCUT2D eigenvalue weighted by Gasteiger charge is 2.30. The topological polar surface area (TPSA) is 77.1 Å². The lowest BCUT2D eigenvalue weighted by molar-refractivity contribution is -0.121. The third-order valence-corrected chi connectivity index (χ3v) is 6.08. The Kier molecular flexibility index (Phi) is 6.68. The van der Waals surface area contributed by atoms with Gasteiger partial charge in [-0.1, -0.05) is 24.3 Å². The molecule has 172 valence electrons. The number of rotatable bonds is 6. The number of fused-ring (bicyclic) bond motifs is 1. The van der Waals surface area contributed by atoms with E-state index in [1.165, 1.54) is 0 Å². The molecule has 1 aliphatic heterocycles. The first-order chi connectivity index (χ1) is 16.0. The van der Waals surface area contributed by atoms with Crippen molar-refractivity contribution in [1.82, 2.24) is 4.90 Å². The molecule has 7 heteroatoms. The molecule has 4 rings (SSSR count). The summed E-state index contributed by atoms with van der Waals surface area (Å²) in [6.45, 7) is 0.984. The van der Waals surface area contributed by atoms with Gasteiger partial charge < -0.3 is 24.4 Å². The Morgan fingerprint density at radius 1 is 0.909 bits per heavy atom. The van der Waals surface area contributed by atoms with Crippen LogP contribution in [0, 0.1) is 5.92 Å². The van der Waals surface area contributed by atoms with Gasteiger partial charge in [0.1, 0.15) is 17.2 Å². The summed E-state index contributed by atoms with van der Waals surface area (Å²) in [6, 6.07) is 16.6. The molecule has 0 saturated carbocycles. The number of methoxy groups -OCH3 is 3. The molecule has 1 aliphatic rings. The lowest BCUT2D eigenvalue weighted by atomic mass is 9.95. The van der Waals surface area contributed by atoms with Gasteiger partial charge in [-0.2, -0.15) is 0 Å². The summed E-state index contributed by atoms with van der Waals surface area (Å²) in [5.41, 5.74) is 1.19. The zero-order valence-corrected chi connectivity index (χ0v) is 19.1. The van der Waals surface area contributed by atoms with Crippen molar-refractivity contribution in [3.63, 3.8) is 0 Å². The van der Waals surface area contributed by atoms with Gasteiger partial charge in [-0.25, -0.2) is 0 Å². The number of likely N-dealkylation sites (tertiary alicyclic amines) is 1. The molecule has 0 aromatic heterocycles. The number of piperidine rings is 1. The van der Waals surface area contributed by atoms with E-state index in [1.807, 2.05) is 30.3 Å². The standard InChI is InChI=1S/C26H28N2O5/c1-31-18-10-12-22(24(15-18)33-3)27-25(29)17-7-6-14-28(16-17)26(30)21-11-13-23(32-2)20-9-5-4-8-19(20)21/h4-5,8-13,15,17H,6-7,14,16H2,1-3H3,(H,27,29). The van der Waals surface area contributed by atoms with Crippen molar-refractivity contribution in [2.24, 2.45) is 5.92 Å². The highest BCUT2D eigenvalue weighted by Crippen LogP contribution is 2.32. The Bertz CT molecular complexity index is 1180. The molecule has 0 spiro atoms. The molecule has 3 aromatic carbocycles. The van der Waals surface area contributed by atoms with E-state index in [-0.39, 0.29) is 17.7 Å². The van der Waals surface area contributed by atoms with Gasteiger partial charge in [0.15, 0.2) is 0 Å². The van der Waals surface area contributed by atoms with Crippen molar-refractivity contribution in [3.05, 3.63) is 60.2 Å². The average Bonchev–Trinajstić information content (AvgIpc) is 2.87. The minimum absolute atomic E-state index is 0.0756. The summed E-state index contributed by atoms with van der Waals surface area (Å²) in [7, 11) is 4.74. The van der Waals surface area contributed by atoms with Gasteiger partial charge in [0, 0.05) is 30.1 Å². The van der Waals surface area contributed by atoms with E-state index in [1.54, 1.807) is 50.5 Å². The Hall–Kier alpha value is -3.74. The molecule has 1 fully saturated rings. The Balaban J connectivity index is 1.52. The van der Waals surface area contributed by atoms with Crippen molar-refractivity contribution in [2.75, 3.05) is 39.7 Å². The lowest BCUT2D eigenvalue weighted by Crippen LogP contribution is -2.43. The third-order valence-electron chi connectivity index (χ3n) is 6.08. The first kappa shape index (κ1) is 22.5. The second-order valence-electron chi connectivity index (χ2n) is 8.01. The fraction of sp³-hybridized carbons (Fsp3) is 0.308. The van der Waals surface area contributed by atoms with Crippen LogP contribution in [0.1, 0.15) is 23.2 Å². The normalized spacial score (nSPS) is 15.7. The second kappa shape index (κ2) is 9.81. The van der Waals surface area contributed by atoms with Crippen LogP contribution in [0.4, 0.5) is 5.69 Å². The molecule has 33 heavy (non-hydrogen) atoms. The minimum atomic E-state index is -0.306. The molecule has 1 N–H and O–H groups in total. The predicted octanol–water partition coefficient (Wildman–Crippen LogP) is 4.36. The molecule has 1 saturated heterocycles. The van der Waals surface area contributed by atoms with Crippen LogP contribution in [0.3, 0.4) is 0 Å². The van der Waals surface area contributed by atoms with Crippen molar-refractivity contribution in [2.45, 2.75) is 12.8 Å². The maximum Gasteiger partial charge on any atom is 0.254 e. The summed E-state index contributed by atoms with van der Waals surface area (Å²) in [5.74, 6) is 1.39. The average molecular weight is 449 g/mol. The molecule has 0 bridgehead atoms. The first-order valence-electron chi connectivity index (χ1n) is 10.9. The Morgan fingerprint density at radius 2 is 1.67 bits per heavy atom. The number of hydrogen-bond acceptors (Lipinski definition) is 5. The van der Waals surface area contributed by atoms with Gasteiger partial charge in [-0.05, 0) is 42.5 Å². The van der Waals surface area contributed by atoms with Crippen LogP contribution in [0.25, 0.3) is 10.8 Å². The molecule has 0 radical (unpaired) electrons. The van der Waals surface area contributed by atoms with Crippen LogP contribution in [0.5, 0.6) is 17.2 Å². The third kappa shape index (κ3) is 4.58. The van der Waals surface area contributed by atoms with Crippen LogP contribution in [0.15, 0.2) is 54.6 Å². The van der Waals surface area contributed by atoms with Gasteiger partial charge in [0.2, 0.25) is 5.91 Å². The fourth-order valence-electron chi connectivity index (χ4n) is 4.32. The van der Waals surface area contributed by atoms with Gasteiger partial charge in [0.25, 0.3) is 5.91 Å². The minimum Gasteiger partial charge on any atom is -0.497 e. The number of carbonyl (C=O) groups is 2. The SMILES string of the molecule is COc1ccc(NC(=O)C2CCCN(C(=O)c3ccc(OC)c4ccccc34)C2)c(OC)c1. The molecular formula is C26H28N2O5. The summed E-state index contributed by atoms with van der Waals surface area (Å²) < 4.78 is 16.0. The summed E-state index contributed by atoms with van der Waals surface area (Å²) in [5, 5.41) is 4.69. The molecule has 1 atom stereocenters. The van der Waals surface area contributed by atoms with Crippen molar-refractivity contribution in [1.29, 1.82) is 0 Å². The van der Waals surface area contributed by atoms with E-state index in [9.17, 15) is 9.59 Å². The van der Waals surface area contributed by atoms with E-state index >= 15 is 0 Å². The molecule has 7 nitrogen and oxygen atoms in total. The van der Waals surface area contributed by atoms with Crippen molar-refractivity contribution >= 4 is 28.3 Å². The van der Waals surface area contributed by atoms with Gasteiger partial charge >= 0.3 is 0 Å². The summed E-state index contributed by atoms with van der Waals surface area (Å²) >= 11 is 0. The summed E-state index contributed by atoms with van der Waals surface area (Å²) in [4.78, 5) is 28.2. The van der Waals surface area contributed by atoms with E-state index in [4.69, 9.17) is 14.2 Å². The highest BCUT2D eigenvalue weighted by molar-refractivity contribution is 6.08. The molecule has 1 unspecified atom stereocenters. The number of ether oxygens (including phenoxy) is 3. The van der Waals surface area contributed by atoms with Gasteiger partial charge in [0.05, 0.1) is 32.9 Å². The largest absolute Gasteiger partial charge is 0.497 e. The quantitative estimate of drug-likeness (QED) is 0.607. The van der Waals surface area contributed by atoms with Crippen LogP contribution in [-0.2, 0) is 4.79 Å². The van der Waals surface area contributed by atoms with Crippen LogP contribution >= 0.6 is 0 Å². The second-order valence-corrected chi connectivity index (χ2v) is 8.01. The maximum absolute atomic E-state index is 13.4. The van der Waals surface area contributed by atoms with Crippen molar-refractivity contribution in [3.8, 4) is 17.2 Å². The van der Waals surface area contributed by atoms with E-state index < -0.39 is 0 Å². The Morgan fingerprint density at radius 3 is 2.39 bits per heavy atom. The molecular weight excluding hydrogens is 420 g/mol.